The van der Waals surface area contributed by atoms with Gasteiger partial charge in [0.05, 0.1) is 0 Å². The van der Waals surface area contributed by atoms with Crippen molar-refractivity contribution in [3.8, 4) is 5.88 Å². The second kappa shape index (κ2) is 6.17. The molecule has 2 aromatic rings. The fraction of sp³-hybridized carbons (Fsp3) is 0.267. The molecular formula is C15H18N2O. The largest absolute Gasteiger partial charge is 0.473 e. The zero-order chi connectivity index (χ0) is 12.8. The number of hydrogen-bond acceptors (Lipinski definition) is 3. The predicted molar refractivity (Wildman–Crippen MR) is 72.2 cm³/mol. The number of ether oxygens (including phenoxy) is 1. The SMILES string of the molecule is CC[C@H](N)c1ccc(OCc2ccccc2)nc1. The highest BCUT2D eigenvalue weighted by atomic mass is 16.5. The topological polar surface area (TPSA) is 48.1 Å². The summed E-state index contributed by atoms with van der Waals surface area (Å²) in [6.45, 7) is 2.59. The average Bonchev–Trinajstić information content (AvgIpc) is 2.46. The van der Waals surface area contributed by atoms with Gasteiger partial charge in [-0.3, -0.25) is 0 Å². The summed E-state index contributed by atoms with van der Waals surface area (Å²) in [7, 11) is 0. The molecule has 0 fully saturated rings. The summed E-state index contributed by atoms with van der Waals surface area (Å²) in [5, 5.41) is 0. The summed E-state index contributed by atoms with van der Waals surface area (Å²) in [6, 6.07) is 13.9. The molecule has 1 aromatic heterocycles. The Morgan fingerprint density at radius 3 is 2.56 bits per heavy atom. The normalized spacial score (nSPS) is 12.1. The van der Waals surface area contributed by atoms with Gasteiger partial charge in [0, 0.05) is 18.3 Å². The van der Waals surface area contributed by atoms with Crippen molar-refractivity contribution in [1.29, 1.82) is 0 Å². The van der Waals surface area contributed by atoms with Crippen LogP contribution in [0.5, 0.6) is 5.88 Å². The molecule has 0 saturated heterocycles. The third kappa shape index (κ3) is 3.31. The summed E-state index contributed by atoms with van der Waals surface area (Å²) in [5.74, 6) is 0.630. The van der Waals surface area contributed by atoms with E-state index in [0.717, 1.165) is 17.5 Å². The molecule has 2 rings (SSSR count). The molecule has 0 unspecified atom stereocenters. The highest BCUT2D eigenvalue weighted by molar-refractivity contribution is 5.21. The average molecular weight is 242 g/mol. The number of aromatic nitrogens is 1. The first-order chi connectivity index (χ1) is 8.79. The molecule has 1 heterocycles. The molecule has 0 saturated carbocycles. The molecule has 0 aliphatic heterocycles. The van der Waals surface area contributed by atoms with E-state index in [-0.39, 0.29) is 6.04 Å². The first-order valence-electron chi connectivity index (χ1n) is 6.18. The van der Waals surface area contributed by atoms with Gasteiger partial charge in [0.15, 0.2) is 0 Å². The van der Waals surface area contributed by atoms with Crippen molar-refractivity contribution < 1.29 is 4.74 Å². The fourth-order valence-electron chi connectivity index (χ4n) is 1.66. The van der Waals surface area contributed by atoms with Gasteiger partial charge in [-0.05, 0) is 17.5 Å². The van der Waals surface area contributed by atoms with Gasteiger partial charge in [0.25, 0.3) is 0 Å². The van der Waals surface area contributed by atoms with E-state index in [2.05, 4.69) is 11.9 Å². The van der Waals surface area contributed by atoms with Crippen LogP contribution in [0.1, 0.15) is 30.5 Å². The van der Waals surface area contributed by atoms with Crippen molar-refractivity contribution in [3.05, 3.63) is 59.8 Å². The molecular weight excluding hydrogens is 224 g/mol. The molecule has 2 N–H and O–H groups in total. The Labute approximate surface area is 108 Å². The highest BCUT2D eigenvalue weighted by Gasteiger charge is 2.04. The molecule has 94 valence electrons. The lowest BCUT2D eigenvalue weighted by atomic mass is 10.1. The number of nitrogens with zero attached hydrogens (tertiary/aromatic N) is 1. The number of hydrogen-bond donors (Lipinski definition) is 1. The monoisotopic (exact) mass is 242 g/mol. The van der Waals surface area contributed by atoms with E-state index in [1.807, 2.05) is 42.5 Å². The predicted octanol–water partition coefficient (Wildman–Crippen LogP) is 3.07. The van der Waals surface area contributed by atoms with Crippen LogP contribution in [-0.4, -0.2) is 4.98 Å². The van der Waals surface area contributed by atoms with E-state index in [0.29, 0.717) is 12.5 Å². The molecule has 0 spiro atoms. The molecule has 18 heavy (non-hydrogen) atoms. The van der Waals surface area contributed by atoms with Crippen molar-refractivity contribution in [1.82, 2.24) is 4.98 Å². The van der Waals surface area contributed by atoms with E-state index in [9.17, 15) is 0 Å². The van der Waals surface area contributed by atoms with Crippen molar-refractivity contribution in [3.63, 3.8) is 0 Å². The minimum Gasteiger partial charge on any atom is -0.473 e. The van der Waals surface area contributed by atoms with Gasteiger partial charge in [-0.25, -0.2) is 4.98 Å². The van der Waals surface area contributed by atoms with E-state index < -0.39 is 0 Å². The molecule has 0 aliphatic rings. The van der Waals surface area contributed by atoms with Gasteiger partial charge in [-0.15, -0.1) is 0 Å². The lowest BCUT2D eigenvalue weighted by molar-refractivity contribution is 0.293. The van der Waals surface area contributed by atoms with Crippen LogP contribution in [0.15, 0.2) is 48.7 Å². The van der Waals surface area contributed by atoms with Gasteiger partial charge in [-0.1, -0.05) is 43.3 Å². The second-order valence-corrected chi connectivity index (χ2v) is 4.22. The fourth-order valence-corrected chi connectivity index (χ4v) is 1.66. The van der Waals surface area contributed by atoms with Crippen molar-refractivity contribution in [2.24, 2.45) is 5.73 Å². The maximum atomic E-state index is 5.93. The molecule has 0 bridgehead atoms. The molecule has 1 aromatic carbocycles. The molecule has 0 radical (unpaired) electrons. The minimum absolute atomic E-state index is 0.0562. The lowest BCUT2D eigenvalue weighted by Gasteiger charge is -2.10. The molecule has 1 atom stereocenters. The number of benzene rings is 1. The summed E-state index contributed by atoms with van der Waals surface area (Å²) >= 11 is 0. The quantitative estimate of drug-likeness (QED) is 0.876. The standard InChI is InChI=1S/C15H18N2O/c1-2-14(16)13-8-9-15(17-10-13)18-11-12-6-4-3-5-7-12/h3-10,14H,2,11,16H2,1H3/t14-/m0/s1. The maximum absolute atomic E-state index is 5.93. The summed E-state index contributed by atoms with van der Waals surface area (Å²) in [6.07, 6.45) is 2.69. The van der Waals surface area contributed by atoms with Crippen LogP contribution in [0.25, 0.3) is 0 Å². The summed E-state index contributed by atoms with van der Waals surface area (Å²) in [5.41, 5.74) is 8.11. The molecule has 0 amide bonds. The molecule has 3 nitrogen and oxygen atoms in total. The van der Waals surface area contributed by atoms with Crippen molar-refractivity contribution >= 4 is 0 Å². The van der Waals surface area contributed by atoms with Crippen LogP contribution in [0.3, 0.4) is 0 Å². The molecule has 3 heteroatoms. The smallest absolute Gasteiger partial charge is 0.213 e. The van der Waals surface area contributed by atoms with E-state index in [1.165, 1.54) is 0 Å². The van der Waals surface area contributed by atoms with Crippen molar-refractivity contribution in [2.45, 2.75) is 26.0 Å². The Bertz CT molecular complexity index is 468. The van der Waals surface area contributed by atoms with Crippen LogP contribution in [0.2, 0.25) is 0 Å². The van der Waals surface area contributed by atoms with E-state index >= 15 is 0 Å². The third-order valence-electron chi connectivity index (χ3n) is 2.86. The van der Waals surface area contributed by atoms with Crippen LogP contribution in [0.4, 0.5) is 0 Å². The van der Waals surface area contributed by atoms with Gasteiger partial charge < -0.3 is 10.5 Å². The number of nitrogens with two attached hydrogens (primary N) is 1. The van der Waals surface area contributed by atoms with Gasteiger partial charge in [-0.2, -0.15) is 0 Å². The first kappa shape index (κ1) is 12.6. The Morgan fingerprint density at radius 2 is 1.94 bits per heavy atom. The Kier molecular flexibility index (Phi) is 4.31. The zero-order valence-electron chi connectivity index (χ0n) is 10.5. The van der Waals surface area contributed by atoms with Crippen LogP contribution < -0.4 is 10.5 Å². The van der Waals surface area contributed by atoms with E-state index in [4.69, 9.17) is 10.5 Å². The van der Waals surface area contributed by atoms with Crippen LogP contribution in [0, 0.1) is 0 Å². The van der Waals surface area contributed by atoms with Gasteiger partial charge in [0.2, 0.25) is 5.88 Å². The van der Waals surface area contributed by atoms with Gasteiger partial charge in [0.1, 0.15) is 6.61 Å². The van der Waals surface area contributed by atoms with Crippen molar-refractivity contribution in [2.75, 3.05) is 0 Å². The third-order valence-corrected chi connectivity index (χ3v) is 2.86. The minimum atomic E-state index is 0.0562. The summed E-state index contributed by atoms with van der Waals surface area (Å²) < 4.78 is 5.61. The zero-order valence-corrected chi connectivity index (χ0v) is 10.5. The molecule has 0 aliphatic carbocycles. The second-order valence-electron chi connectivity index (χ2n) is 4.22. The lowest BCUT2D eigenvalue weighted by Crippen LogP contribution is -2.09. The van der Waals surface area contributed by atoms with Crippen LogP contribution in [-0.2, 0) is 6.61 Å². The Hall–Kier alpha value is -1.87. The van der Waals surface area contributed by atoms with Crippen LogP contribution >= 0.6 is 0 Å². The number of pyridine rings is 1. The van der Waals surface area contributed by atoms with E-state index in [1.54, 1.807) is 6.20 Å². The number of rotatable bonds is 5. The first-order valence-corrected chi connectivity index (χ1v) is 6.18. The highest BCUT2D eigenvalue weighted by Crippen LogP contribution is 2.16. The Balaban J connectivity index is 1.94. The Morgan fingerprint density at radius 1 is 1.17 bits per heavy atom. The summed E-state index contributed by atoms with van der Waals surface area (Å²) in [4.78, 5) is 4.26. The maximum Gasteiger partial charge on any atom is 0.213 e. The van der Waals surface area contributed by atoms with Gasteiger partial charge >= 0.3 is 0 Å².